The van der Waals surface area contributed by atoms with E-state index in [1.54, 1.807) is 23.0 Å². The van der Waals surface area contributed by atoms with Crippen LogP contribution in [-0.4, -0.2) is 28.3 Å². The number of carbonyl (C=O) groups excluding carboxylic acids is 1. The van der Waals surface area contributed by atoms with E-state index >= 15 is 0 Å². The van der Waals surface area contributed by atoms with Crippen molar-refractivity contribution in [1.29, 1.82) is 0 Å². The second kappa shape index (κ2) is 10.5. The number of rotatable bonds is 7. The number of methoxy groups -OCH3 is 1. The lowest BCUT2D eigenvalue weighted by Gasteiger charge is -2.15. The standard InChI is InChI=1S/C28H29N3O3S2/c1-4-18-9-7-8-17(2)25(18)29-23(32)16-35-28-30-26-24(21-10-5-6-11-22(21)36-26)27(33)31(28)19-12-14-20(34-3)15-13-19/h7-9,12-15H,4-6,10-11,16H2,1-3H3,(H,29,32). The molecule has 0 unspecified atom stereocenters. The second-order valence-corrected chi connectivity index (χ2v) is 10.9. The first-order valence-electron chi connectivity index (χ1n) is 12.2. The highest BCUT2D eigenvalue weighted by Gasteiger charge is 2.23. The van der Waals surface area contributed by atoms with Gasteiger partial charge in [0.1, 0.15) is 10.6 Å². The molecule has 5 rings (SSSR count). The van der Waals surface area contributed by atoms with Gasteiger partial charge < -0.3 is 10.1 Å². The number of aryl methyl sites for hydroxylation is 4. The van der Waals surface area contributed by atoms with Gasteiger partial charge in [0.2, 0.25) is 5.91 Å². The van der Waals surface area contributed by atoms with Crippen molar-refractivity contribution in [3.8, 4) is 11.4 Å². The number of thioether (sulfide) groups is 1. The Balaban J connectivity index is 1.52. The van der Waals surface area contributed by atoms with Crippen molar-refractivity contribution in [3.63, 3.8) is 0 Å². The Morgan fingerprint density at radius 2 is 1.94 bits per heavy atom. The molecule has 4 aromatic rings. The van der Waals surface area contributed by atoms with E-state index in [1.165, 1.54) is 16.6 Å². The van der Waals surface area contributed by atoms with Gasteiger partial charge in [0.15, 0.2) is 5.16 Å². The first-order valence-corrected chi connectivity index (χ1v) is 14.0. The number of ether oxygens (including phenoxy) is 1. The predicted molar refractivity (Wildman–Crippen MR) is 148 cm³/mol. The molecule has 8 heteroatoms. The summed E-state index contributed by atoms with van der Waals surface area (Å²) in [6, 6.07) is 13.4. The number of aromatic nitrogens is 2. The lowest BCUT2D eigenvalue weighted by Crippen LogP contribution is -2.23. The Labute approximate surface area is 218 Å². The van der Waals surface area contributed by atoms with Crippen LogP contribution in [0.3, 0.4) is 0 Å². The summed E-state index contributed by atoms with van der Waals surface area (Å²) < 4.78 is 6.95. The summed E-state index contributed by atoms with van der Waals surface area (Å²) in [5, 5.41) is 4.33. The average Bonchev–Trinajstić information content (AvgIpc) is 3.27. The van der Waals surface area contributed by atoms with Gasteiger partial charge >= 0.3 is 0 Å². The van der Waals surface area contributed by atoms with E-state index in [9.17, 15) is 9.59 Å². The lowest BCUT2D eigenvalue weighted by molar-refractivity contribution is -0.113. The lowest BCUT2D eigenvalue weighted by atomic mass is 9.97. The summed E-state index contributed by atoms with van der Waals surface area (Å²) in [4.78, 5) is 33.8. The molecular formula is C28H29N3O3S2. The van der Waals surface area contributed by atoms with E-state index in [2.05, 4.69) is 12.2 Å². The molecule has 1 aliphatic rings. The zero-order valence-corrected chi connectivity index (χ0v) is 22.4. The third kappa shape index (κ3) is 4.67. The maximum atomic E-state index is 13.9. The zero-order chi connectivity index (χ0) is 25.2. The third-order valence-electron chi connectivity index (χ3n) is 6.63. The Morgan fingerprint density at radius 1 is 1.17 bits per heavy atom. The monoisotopic (exact) mass is 519 g/mol. The van der Waals surface area contributed by atoms with Crippen LogP contribution >= 0.6 is 23.1 Å². The van der Waals surface area contributed by atoms with Gasteiger partial charge in [-0.2, -0.15) is 0 Å². The number of para-hydroxylation sites is 1. The van der Waals surface area contributed by atoms with Gasteiger partial charge in [-0.3, -0.25) is 14.2 Å². The highest BCUT2D eigenvalue weighted by Crippen LogP contribution is 2.35. The molecule has 186 valence electrons. The molecular weight excluding hydrogens is 490 g/mol. The molecule has 0 saturated carbocycles. The summed E-state index contributed by atoms with van der Waals surface area (Å²) in [6.45, 7) is 4.07. The molecule has 2 heterocycles. The summed E-state index contributed by atoms with van der Waals surface area (Å²) in [5.41, 5.74) is 4.80. The summed E-state index contributed by atoms with van der Waals surface area (Å²) in [5.74, 6) is 0.744. The number of anilines is 1. The molecule has 0 aliphatic heterocycles. The van der Waals surface area contributed by atoms with Gasteiger partial charge in [0.25, 0.3) is 5.56 Å². The van der Waals surface area contributed by atoms with Crippen LogP contribution in [0.2, 0.25) is 0 Å². The largest absolute Gasteiger partial charge is 0.497 e. The van der Waals surface area contributed by atoms with Crippen molar-refractivity contribution < 1.29 is 9.53 Å². The van der Waals surface area contributed by atoms with Gasteiger partial charge in [-0.15, -0.1) is 11.3 Å². The molecule has 2 aromatic carbocycles. The Morgan fingerprint density at radius 3 is 2.69 bits per heavy atom. The van der Waals surface area contributed by atoms with Gasteiger partial charge in [-0.1, -0.05) is 36.9 Å². The maximum absolute atomic E-state index is 13.9. The van der Waals surface area contributed by atoms with Crippen LogP contribution in [0.1, 0.15) is 41.3 Å². The number of nitrogens with zero attached hydrogens (tertiary/aromatic N) is 2. The summed E-state index contributed by atoms with van der Waals surface area (Å²) in [7, 11) is 1.62. The first kappa shape index (κ1) is 24.6. The number of hydrogen-bond acceptors (Lipinski definition) is 6. The zero-order valence-electron chi connectivity index (χ0n) is 20.7. The molecule has 0 saturated heterocycles. The molecule has 2 aromatic heterocycles. The normalized spacial score (nSPS) is 13.0. The minimum Gasteiger partial charge on any atom is -0.497 e. The Bertz CT molecular complexity index is 1490. The van der Waals surface area contributed by atoms with E-state index in [4.69, 9.17) is 9.72 Å². The van der Waals surface area contributed by atoms with E-state index in [1.807, 2.05) is 49.4 Å². The number of thiophene rings is 1. The molecule has 1 N–H and O–H groups in total. The minimum absolute atomic E-state index is 0.0698. The van der Waals surface area contributed by atoms with E-state index in [0.29, 0.717) is 16.6 Å². The van der Waals surface area contributed by atoms with Crippen LogP contribution in [0.15, 0.2) is 52.4 Å². The molecule has 36 heavy (non-hydrogen) atoms. The molecule has 0 bridgehead atoms. The molecule has 0 spiro atoms. The fourth-order valence-corrected chi connectivity index (χ4v) is 6.86. The maximum Gasteiger partial charge on any atom is 0.267 e. The molecule has 6 nitrogen and oxygen atoms in total. The van der Waals surface area contributed by atoms with Gasteiger partial charge in [-0.05, 0) is 80.0 Å². The molecule has 0 fully saturated rings. The van der Waals surface area contributed by atoms with Crippen LogP contribution in [0.4, 0.5) is 5.69 Å². The van der Waals surface area contributed by atoms with Crippen molar-refractivity contribution in [2.45, 2.75) is 51.1 Å². The number of amides is 1. The topological polar surface area (TPSA) is 73.2 Å². The number of hydrogen-bond donors (Lipinski definition) is 1. The van der Waals surface area contributed by atoms with Crippen LogP contribution < -0.4 is 15.6 Å². The third-order valence-corrected chi connectivity index (χ3v) is 8.75. The Hall–Kier alpha value is -3.10. The smallest absolute Gasteiger partial charge is 0.267 e. The molecule has 0 atom stereocenters. The van der Waals surface area contributed by atoms with Crippen LogP contribution in [-0.2, 0) is 24.1 Å². The van der Waals surface area contributed by atoms with Crippen molar-refractivity contribution >= 4 is 44.9 Å². The fraction of sp³-hybridized carbons (Fsp3) is 0.321. The number of carbonyl (C=O) groups is 1. The minimum atomic E-state index is -0.120. The number of fused-ring (bicyclic) bond motifs is 3. The van der Waals surface area contributed by atoms with Crippen molar-refractivity contribution in [3.05, 3.63) is 74.4 Å². The summed E-state index contributed by atoms with van der Waals surface area (Å²) >= 11 is 2.91. The first-order chi connectivity index (χ1) is 17.5. The molecule has 1 amide bonds. The van der Waals surface area contributed by atoms with Gasteiger partial charge in [-0.25, -0.2) is 4.98 Å². The van der Waals surface area contributed by atoms with Crippen LogP contribution in [0.25, 0.3) is 15.9 Å². The predicted octanol–water partition coefficient (Wildman–Crippen LogP) is 5.94. The van der Waals surface area contributed by atoms with Crippen LogP contribution in [0.5, 0.6) is 5.75 Å². The fourth-order valence-electron chi connectivity index (χ4n) is 4.75. The highest BCUT2D eigenvalue weighted by atomic mass is 32.2. The van der Waals surface area contributed by atoms with Crippen LogP contribution in [0, 0.1) is 6.92 Å². The van der Waals surface area contributed by atoms with Crippen molar-refractivity contribution in [2.75, 3.05) is 18.2 Å². The number of nitrogens with one attached hydrogen (secondary N) is 1. The SMILES string of the molecule is CCc1cccc(C)c1NC(=O)CSc1nc2sc3c(c2c(=O)n1-c1ccc(OC)cc1)CCCC3. The van der Waals surface area contributed by atoms with E-state index < -0.39 is 0 Å². The van der Waals surface area contributed by atoms with Gasteiger partial charge in [0, 0.05) is 10.6 Å². The summed E-state index contributed by atoms with van der Waals surface area (Å²) in [6.07, 6.45) is 4.99. The van der Waals surface area contributed by atoms with E-state index in [-0.39, 0.29) is 17.2 Å². The van der Waals surface area contributed by atoms with Gasteiger partial charge in [0.05, 0.1) is 23.9 Å². The van der Waals surface area contributed by atoms with Crippen molar-refractivity contribution in [2.24, 2.45) is 0 Å². The quantitative estimate of drug-likeness (QED) is 0.242. The van der Waals surface area contributed by atoms with Crippen molar-refractivity contribution in [1.82, 2.24) is 9.55 Å². The average molecular weight is 520 g/mol. The molecule has 0 radical (unpaired) electrons. The number of benzene rings is 2. The highest BCUT2D eigenvalue weighted by molar-refractivity contribution is 7.99. The second-order valence-electron chi connectivity index (χ2n) is 8.92. The Kier molecular flexibility index (Phi) is 7.16. The molecule has 1 aliphatic carbocycles. The van der Waals surface area contributed by atoms with E-state index in [0.717, 1.165) is 64.7 Å².